The lowest BCUT2D eigenvalue weighted by Gasteiger charge is -2.32. The fourth-order valence-corrected chi connectivity index (χ4v) is 9.43. The van der Waals surface area contributed by atoms with Crippen molar-refractivity contribution in [3.63, 3.8) is 0 Å². The molecule has 0 fully saturated rings. The van der Waals surface area contributed by atoms with Crippen LogP contribution in [0.2, 0.25) is 0 Å². The molecule has 2 atom stereocenters. The number of unbranched alkanes of at least 4 members (excludes halogenated alkanes) is 2. The Balaban J connectivity index is 1.44. The summed E-state index contributed by atoms with van der Waals surface area (Å²) in [4.78, 5) is 59.2. The number of hydrogen-bond acceptors (Lipinski definition) is 4. The fourth-order valence-electron chi connectivity index (χ4n) is 8.15. The molecule has 248 valence electrons. The summed E-state index contributed by atoms with van der Waals surface area (Å²) in [6, 6.07) is 11.3. The van der Waals surface area contributed by atoms with Crippen LogP contribution in [0.15, 0.2) is 45.3 Å². The predicted molar refractivity (Wildman–Crippen MR) is 200 cm³/mol. The zero-order valence-corrected chi connectivity index (χ0v) is 31.1. The van der Waals surface area contributed by atoms with Crippen molar-refractivity contribution in [1.82, 2.24) is 9.80 Å². The smallest absolute Gasteiger partial charge is 0.261 e. The number of nitrogens with zero attached hydrogens (tertiary/aromatic N) is 2. The average molecular weight is 773 g/mol. The molecular weight excluding hydrogens is 732 g/mol. The lowest BCUT2D eigenvalue weighted by Crippen LogP contribution is -2.43. The van der Waals surface area contributed by atoms with Crippen LogP contribution in [0.3, 0.4) is 0 Å². The van der Waals surface area contributed by atoms with Crippen molar-refractivity contribution in [3.05, 3.63) is 67.6 Å². The number of amides is 4. The summed E-state index contributed by atoms with van der Waals surface area (Å²) in [7, 11) is 0. The van der Waals surface area contributed by atoms with Crippen LogP contribution in [0.1, 0.15) is 120 Å². The molecule has 0 aliphatic carbocycles. The van der Waals surface area contributed by atoms with Gasteiger partial charge in [0.25, 0.3) is 23.6 Å². The second-order valence-electron chi connectivity index (χ2n) is 13.7. The summed E-state index contributed by atoms with van der Waals surface area (Å²) >= 11 is 7.66. The highest BCUT2D eigenvalue weighted by Crippen LogP contribution is 2.50. The van der Waals surface area contributed by atoms with Gasteiger partial charge in [-0.15, -0.1) is 0 Å². The van der Waals surface area contributed by atoms with Gasteiger partial charge >= 0.3 is 0 Å². The van der Waals surface area contributed by atoms with Crippen LogP contribution in [0.4, 0.5) is 0 Å². The van der Waals surface area contributed by atoms with Crippen LogP contribution in [-0.4, -0.2) is 46.5 Å². The van der Waals surface area contributed by atoms with Gasteiger partial charge < -0.3 is 0 Å². The molecule has 2 unspecified atom stereocenters. The van der Waals surface area contributed by atoms with E-state index in [1.165, 1.54) is 9.80 Å². The molecule has 2 aliphatic rings. The van der Waals surface area contributed by atoms with E-state index >= 15 is 0 Å². The summed E-state index contributed by atoms with van der Waals surface area (Å²) in [5, 5.41) is 6.47. The number of halogens is 2. The molecule has 2 aliphatic heterocycles. The van der Waals surface area contributed by atoms with Gasteiger partial charge in [0.15, 0.2) is 0 Å². The minimum Gasteiger partial charge on any atom is -0.274 e. The Morgan fingerprint density at radius 2 is 0.896 bits per heavy atom. The molecule has 0 bridgehead atoms. The molecular formula is C40H40Br2N2O4. The Hall–Kier alpha value is -3.36. The van der Waals surface area contributed by atoms with Crippen LogP contribution in [0.25, 0.3) is 43.1 Å². The summed E-state index contributed by atoms with van der Waals surface area (Å²) in [6.45, 7) is 9.37. The van der Waals surface area contributed by atoms with Crippen molar-refractivity contribution in [1.29, 1.82) is 0 Å². The Labute approximate surface area is 297 Å². The SMILES string of the molecule is CCCCC(CC)CN1C(=O)c2ccc3c4c(Br)cc5c6c(ccc(c7c(Br)cc(c2c37)C1=O)c64)C(=O)N(CC(CC)CCCC)C5=O. The van der Waals surface area contributed by atoms with Gasteiger partial charge in [-0.05, 0) is 59.7 Å². The molecule has 0 radical (unpaired) electrons. The molecule has 4 amide bonds. The first kappa shape index (κ1) is 33.2. The van der Waals surface area contributed by atoms with Crippen LogP contribution >= 0.6 is 31.9 Å². The van der Waals surface area contributed by atoms with Crippen LogP contribution in [0.5, 0.6) is 0 Å². The summed E-state index contributed by atoms with van der Waals surface area (Å²) in [5.74, 6) is -0.520. The molecule has 0 saturated heterocycles. The standard InChI is InChI=1S/C40H40Br2N2O4/c1-5-9-11-21(7-3)19-43-37(45)25-15-13-23-34-30(42)18-28-32-26(38(46)44(40(28)48)20-22(8-4)12-10-6-2)16-14-24(36(32)34)33-29(41)17-27(39(43)47)31(25)35(23)33/h13-18,21-22H,5-12,19-20H2,1-4H3. The van der Waals surface area contributed by atoms with Crippen molar-refractivity contribution in [3.8, 4) is 0 Å². The van der Waals surface area contributed by atoms with E-state index in [1.807, 2.05) is 36.4 Å². The number of carbonyl (C=O) groups is 4. The first-order valence-corrected chi connectivity index (χ1v) is 19.1. The highest BCUT2D eigenvalue weighted by Gasteiger charge is 2.39. The van der Waals surface area contributed by atoms with Crippen LogP contribution in [-0.2, 0) is 0 Å². The molecule has 0 saturated carbocycles. The largest absolute Gasteiger partial charge is 0.274 e. The van der Waals surface area contributed by atoms with Crippen molar-refractivity contribution in [2.75, 3.05) is 13.1 Å². The van der Waals surface area contributed by atoms with Crippen molar-refractivity contribution >= 4 is 98.6 Å². The van der Waals surface area contributed by atoms with Gasteiger partial charge in [-0.3, -0.25) is 29.0 Å². The Bertz CT molecular complexity index is 2020. The van der Waals surface area contributed by atoms with E-state index in [0.717, 1.165) is 92.6 Å². The van der Waals surface area contributed by atoms with Gasteiger partial charge in [0.05, 0.1) is 0 Å². The van der Waals surface area contributed by atoms with Gasteiger partial charge in [0, 0.05) is 76.6 Å². The minimum atomic E-state index is -0.262. The van der Waals surface area contributed by atoms with E-state index in [2.05, 4.69) is 59.6 Å². The second kappa shape index (κ2) is 12.8. The van der Waals surface area contributed by atoms with Crippen LogP contribution in [0, 0.1) is 11.8 Å². The molecule has 48 heavy (non-hydrogen) atoms. The maximum absolute atomic E-state index is 14.1. The molecule has 0 N–H and O–H groups in total. The van der Waals surface area contributed by atoms with E-state index in [1.54, 1.807) is 0 Å². The van der Waals surface area contributed by atoms with Crippen molar-refractivity contribution in [2.45, 2.75) is 79.1 Å². The van der Waals surface area contributed by atoms with E-state index < -0.39 is 0 Å². The normalized spacial score (nSPS) is 16.0. The summed E-state index contributed by atoms with van der Waals surface area (Å²) < 4.78 is 1.48. The van der Waals surface area contributed by atoms with Gasteiger partial charge in [-0.1, -0.05) is 110 Å². The Kier molecular flexibility index (Phi) is 8.86. The van der Waals surface area contributed by atoms with Crippen molar-refractivity contribution in [2.24, 2.45) is 11.8 Å². The highest BCUT2D eigenvalue weighted by molar-refractivity contribution is 9.11. The zero-order chi connectivity index (χ0) is 34.0. The van der Waals surface area contributed by atoms with Crippen molar-refractivity contribution < 1.29 is 19.2 Å². The number of benzene rings is 5. The maximum atomic E-state index is 14.1. The van der Waals surface area contributed by atoms with Gasteiger partial charge in [-0.25, -0.2) is 0 Å². The molecule has 0 aromatic heterocycles. The quantitative estimate of drug-likeness (QED) is 0.0719. The minimum absolute atomic E-state index is 0.252. The molecule has 0 spiro atoms. The monoisotopic (exact) mass is 770 g/mol. The third-order valence-corrected chi connectivity index (χ3v) is 12.1. The highest BCUT2D eigenvalue weighted by atomic mass is 79.9. The topological polar surface area (TPSA) is 74.8 Å². The van der Waals surface area contributed by atoms with Gasteiger partial charge in [0.1, 0.15) is 0 Å². The molecule has 2 heterocycles. The van der Waals surface area contributed by atoms with Crippen LogP contribution < -0.4 is 0 Å². The Morgan fingerprint density at radius 3 is 1.25 bits per heavy atom. The number of hydrogen-bond donors (Lipinski definition) is 0. The third-order valence-electron chi connectivity index (χ3n) is 10.9. The van der Waals surface area contributed by atoms with E-state index in [0.29, 0.717) is 46.1 Å². The molecule has 5 aromatic carbocycles. The molecule has 5 aromatic rings. The second-order valence-corrected chi connectivity index (χ2v) is 15.4. The lowest BCUT2D eigenvalue weighted by molar-refractivity contribution is 0.0565. The fraction of sp³-hybridized carbons (Fsp3) is 0.400. The van der Waals surface area contributed by atoms with E-state index in [4.69, 9.17) is 0 Å². The Morgan fingerprint density at radius 1 is 0.521 bits per heavy atom. The maximum Gasteiger partial charge on any atom is 0.261 e. The number of imide groups is 2. The van der Waals surface area contributed by atoms with Gasteiger partial charge in [0.2, 0.25) is 0 Å². The number of carbonyl (C=O) groups excluding carboxylic acids is 4. The first-order valence-electron chi connectivity index (χ1n) is 17.5. The first-order chi connectivity index (χ1) is 23.2. The lowest BCUT2D eigenvalue weighted by atomic mass is 9.82. The van der Waals surface area contributed by atoms with E-state index in [-0.39, 0.29) is 35.5 Å². The number of fused-ring (bicyclic) bond motifs is 2. The summed E-state index contributed by atoms with van der Waals surface area (Å²) in [5.41, 5.74) is 2.09. The number of rotatable bonds is 12. The zero-order valence-electron chi connectivity index (χ0n) is 28.0. The average Bonchev–Trinajstić information content (AvgIpc) is 3.09. The predicted octanol–water partition coefficient (Wildman–Crippen LogP) is 10.9. The summed E-state index contributed by atoms with van der Waals surface area (Å²) in [6.07, 6.45) is 8.04. The van der Waals surface area contributed by atoms with E-state index in [9.17, 15) is 19.2 Å². The molecule has 8 heteroatoms. The third kappa shape index (κ3) is 4.92. The molecule has 7 rings (SSSR count). The molecule has 6 nitrogen and oxygen atoms in total. The van der Waals surface area contributed by atoms with Gasteiger partial charge in [-0.2, -0.15) is 0 Å².